The molecule has 0 radical (unpaired) electrons. The second-order valence-corrected chi connectivity index (χ2v) is 5.64. The lowest BCUT2D eigenvalue weighted by Crippen LogP contribution is -2.17. The molecular weight excluding hydrogens is 335 g/mol. The second-order valence-electron chi connectivity index (χ2n) is 5.23. The van der Waals surface area contributed by atoms with Crippen molar-refractivity contribution < 1.29 is 18.7 Å². The maximum atomic E-state index is 14.1. The van der Waals surface area contributed by atoms with Crippen molar-refractivity contribution in [2.45, 2.75) is 20.3 Å². The Morgan fingerprint density at radius 1 is 1.17 bits per heavy atom. The van der Waals surface area contributed by atoms with Crippen LogP contribution in [0.4, 0.5) is 4.39 Å². The number of rotatable bonds is 6. The molecule has 0 bridgehead atoms. The fourth-order valence-electron chi connectivity index (χ4n) is 2.31. The zero-order chi connectivity index (χ0) is 17.7. The number of carbonyl (C=O) groups excluding carboxylic acids is 1. The van der Waals surface area contributed by atoms with Gasteiger partial charge in [0, 0.05) is 24.1 Å². The highest BCUT2D eigenvalue weighted by atomic mass is 35.5. The Labute approximate surface area is 144 Å². The molecule has 0 aliphatic heterocycles. The van der Waals surface area contributed by atoms with Gasteiger partial charge in [-0.15, -0.1) is 0 Å². The number of ether oxygens (including phenoxy) is 2. The lowest BCUT2D eigenvalue weighted by atomic mass is 9.97. The van der Waals surface area contributed by atoms with Crippen molar-refractivity contribution in [1.29, 1.82) is 0 Å². The van der Waals surface area contributed by atoms with Gasteiger partial charge in [0.15, 0.2) is 0 Å². The van der Waals surface area contributed by atoms with Crippen LogP contribution in [-0.4, -0.2) is 36.5 Å². The molecule has 1 heterocycles. The molecule has 2 aromatic rings. The van der Waals surface area contributed by atoms with Gasteiger partial charge in [-0.25, -0.2) is 9.18 Å². The minimum Gasteiger partial charge on any atom is -0.460 e. The van der Waals surface area contributed by atoms with E-state index in [1.54, 1.807) is 19.9 Å². The topological polar surface area (TPSA) is 61.3 Å². The van der Waals surface area contributed by atoms with E-state index in [0.29, 0.717) is 27.5 Å². The van der Waals surface area contributed by atoms with E-state index >= 15 is 0 Å². The van der Waals surface area contributed by atoms with E-state index in [-0.39, 0.29) is 25.2 Å². The van der Waals surface area contributed by atoms with Crippen molar-refractivity contribution in [2.24, 2.45) is 0 Å². The van der Waals surface area contributed by atoms with Gasteiger partial charge in [-0.3, -0.25) is 0 Å². The van der Waals surface area contributed by atoms with E-state index < -0.39 is 11.8 Å². The molecule has 0 saturated heterocycles. The van der Waals surface area contributed by atoms with Crippen molar-refractivity contribution in [2.75, 3.05) is 20.3 Å². The van der Waals surface area contributed by atoms with Gasteiger partial charge in [-0.05, 0) is 31.5 Å². The van der Waals surface area contributed by atoms with Gasteiger partial charge in [0.1, 0.15) is 12.4 Å². The van der Waals surface area contributed by atoms with Gasteiger partial charge >= 0.3 is 5.97 Å². The number of aromatic nitrogens is 2. The van der Waals surface area contributed by atoms with Gasteiger partial charge in [-0.1, -0.05) is 17.7 Å². The number of benzene rings is 1. The minimum atomic E-state index is -0.537. The highest BCUT2D eigenvalue weighted by Gasteiger charge is 2.22. The summed E-state index contributed by atoms with van der Waals surface area (Å²) in [6.07, 6.45) is 0.127. The Kier molecular flexibility index (Phi) is 6.23. The first-order valence-corrected chi connectivity index (χ1v) is 7.75. The summed E-state index contributed by atoms with van der Waals surface area (Å²) in [6, 6.07) is 4.46. The molecule has 2 rings (SSSR count). The number of carbonyl (C=O) groups is 1. The van der Waals surface area contributed by atoms with Crippen LogP contribution in [0.15, 0.2) is 18.2 Å². The molecule has 0 N–H and O–H groups in total. The number of halogens is 2. The van der Waals surface area contributed by atoms with Crippen molar-refractivity contribution in [3.05, 3.63) is 57.1 Å². The molecule has 0 atom stereocenters. The molecule has 0 amide bonds. The van der Waals surface area contributed by atoms with Crippen LogP contribution in [0.5, 0.6) is 0 Å². The molecule has 7 heteroatoms. The van der Waals surface area contributed by atoms with E-state index in [1.807, 2.05) is 0 Å². The fourth-order valence-corrected chi connectivity index (χ4v) is 2.54. The average molecular weight is 353 g/mol. The van der Waals surface area contributed by atoms with Crippen LogP contribution >= 0.6 is 11.6 Å². The molecule has 1 aromatic heterocycles. The van der Waals surface area contributed by atoms with Crippen molar-refractivity contribution in [3.8, 4) is 0 Å². The zero-order valence-corrected chi connectivity index (χ0v) is 14.5. The average Bonchev–Trinajstić information content (AvgIpc) is 2.54. The van der Waals surface area contributed by atoms with Crippen LogP contribution < -0.4 is 0 Å². The van der Waals surface area contributed by atoms with Crippen LogP contribution in [0.2, 0.25) is 5.02 Å². The van der Waals surface area contributed by atoms with Crippen LogP contribution in [0.3, 0.4) is 0 Å². The Morgan fingerprint density at radius 2 is 1.88 bits per heavy atom. The number of esters is 1. The Balaban J connectivity index is 2.42. The summed E-state index contributed by atoms with van der Waals surface area (Å²) in [5, 5.41) is 8.29. The van der Waals surface area contributed by atoms with E-state index in [4.69, 9.17) is 21.1 Å². The second kappa shape index (κ2) is 8.17. The van der Waals surface area contributed by atoms with Crippen LogP contribution in [0.1, 0.15) is 32.9 Å². The summed E-state index contributed by atoms with van der Waals surface area (Å²) in [7, 11) is 1.52. The molecule has 1 aromatic carbocycles. The smallest absolute Gasteiger partial charge is 0.340 e. The summed E-state index contributed by atoms with van der Waals surface area (Å²) >= 11 is 6.10. The Hall–Kier alpha value is -2.05. The standard InChI is InChI=1S/C17H18ClFN2O3/c1-10-12(9-13-14(18)5-4-6-15(13)19)16(11(2)21-20-10)17(22)24-8-7-23-3/h4-6H,7-9H2,1-3H3. The monoisotopic (exact) mass is 352 g/mol. The molecule has 0 fully saturated rings. The van der Waals surface area contributed by atoms with E-state index in [0.717, 1.165) is 0 Å². The van der Waals surface area contributed by atoms with Crippen molar-refractivity contribution >= 4 is 17.6 Å². The van der Waals surface area contributed by atoms with Crippen LogP contribution in [0.25, 0.3) is 0 Å². The molecule has 24 heavy (non-hydrogen) atoms. The normalized spacial score (nSPS) is 10.7. The van der Waals surface area contributed by atoms with Gasteiger partial charge in [0.05, 0.1) is 23.6 Å². The minimum absolute atomic E-state index is 0.121. The van der Waals surface area contributed by atoms with Crippen LogP contribution in [-0.2, 0) is 15.9 Å². The molecule has 0 aliphatic carbocycles. The molecule has 128 valence electrons. The maximum absolute atomic E-state index is 14.1. The zero-order valence-electron chi connectivity index (χ0n) is 13.7. The van der Waals surface area contributed by atoms with E-state index in [1.165, 1.54) is 19.2 Å². The summed E-state index contributed by atoms with van der Waals surface area (Å²) < 4.78 is 24.1. The van der Waals surface area contributed by atoms with Gasteiger partial charge in [-0.2, -0.15) is 10.2 Å². The molecule has 0 saturated carbocycles. The first-order valence-electron chi connectivity index (χ1n) is 7.37. The number of hydrogen-bond acceptors (Lipinski definition) is 5. The predicted octanol–water partition coefficient (Wildman–Crippen LogP) is 3.28. The predicted molar refractivity (Wildman–Crippen MR) is 87.9 cm³/mol. The summed E-state index contributed by atoms with van der Waals surface area (Å²) in [5.41, 5.74) is 2.10. The third-order valence-electron chi connectivity index (χ3n) is 3.59. The molecule has 0 spiro atoms. The highest BCUT2D eigenvalue weighted by molar-refractivity contribution is 6.31. The molecule has 0 unspecified atom stereocenters. The van der Waals surface area contributed by atoms with E-state index in [2.05, 4.69) is 10.2 Å². The lowest BCUT2D eigenvalue weighted by Gasteiger charge is -2.14. The third-order valence-corrected chi connectivity index (χ3v) is 3.94. The van der Waals surface area contributed by atoms with Crippen LogP contribution in [0, 0.1) is 19.7 Å². The highest BCUT2D eigenvalue weighted by Crippen LogP contribution is 2.26. The van der Waals surface area contributed by atoms with Crippen molar-refractivity contribution in [1.82, 2.24) is 10.2 Å². The summed E-state index contributed by atoms with van der Waals surface area (Å²) in [6.45, 7) is 3.78. The quantitative estimate of drug-likeness (QED) is 0.589. The fraction of sp³-hybridized carbons (Fsp3) is 0.353. The molecule has 5 nitrogen and oxygen atoms in total. The third kappa shape index (κ3) is 4.07. The van der Waals surface area contributed by atoms with Gasteiger partial charge in [0.2, 0.25) is 0 Å². The molecular formula is C17H18ClFN2O3. The van der Waals surface area contributed by atoms with E-state index in [9.17, 15) is 9.18 Å². The number of nitrogens with zero attached hydrogens (tertiary/aromatic N) is 2. The number of aryl methyl sites for hydroxylation is 2. The Bertz CT molecular complexity index is 733. The summed E-state index contributed by atoms with van der Waals surface area (Å²) in [5.74, 6) is -0.972. The first-order chi connectivity index (χ1) is 11.5. The maximum Gasteiger partial charge on any atom is 0.340 e. The Morgan fingerprint density at radius 3 is 2.54 bits per heavy atom. The lowest BCUT2D eigenvalue weighted by molar-refractivity contribution is 0.0385. The number of hydrogen-bond donors (Lipinski definition) is 0. The van der Waals surface area contributed by atoms with Crippen molar-refractivity contribution in [3.63, 3.8) is 0 Å². The summed E-state index contributed by atoms with van der Waals surface area (Å²) in [4.78, 5) is 12.4. The SMILES string of the molecule is COCCOC(=O)c1c(C)nnc(C)c1Cc1c(F)cccc1Cl. The van der Waals surface area contributed by atoms with Gasteiger partial charge in [0.25, 0.3) is 0 Å². The number of methoxy groups -OCH3 is 1. The molecule has 0 aliphatic rings. The van der Waals surface area contributed by atoms with Gasteiger partial charge < -0.3 is 9.47 Å². The largest absolute Gasteiger partial charge is 0.460 e. The first kappa shape index (κ1) is 18.3.